The monoisotopic (exact) mass is 350 g/mol. The fourth-order valence-electron chi connectivity index (χ4n) is 2.19. The van der Waals surface area contributed by atoms with E-state index in [9.17, 15) is 9.59 Å². The van der Waals surface area contributed by atoms with Crippen LogP contribution >= 0.6 is 27.5 Å². The van der Waals surface area contributed by atoms with Gasteiger partial charge in [0.2, 0.25) is 0 Å². The van der Waals surface area contributed by atoms with Crippen LogP contribution in [0, 0.1) is 0 Å². The number of nitrogens with two attached hydrogens (primary N) is 1. The first kappa shape index (κ1) is 13.1. The summed E-state index contributed by atoms with van der Waals surface area (Å²) in [6.07, 6.45) is 0. The predicted molar refractivity (Wildman–Crippen MR) is 81.1 cm³/mol. The Kier molecular flexibility index (Phi) is 3.03. The van der Waals surface area contributed by atoms with Crippen molar-refractivity contribution in [1.29, 1.82) is 0 Å². The van der Waals surface area contributed by atoms with Crippen LogP contribution in [0.5, 0.6) is 0 Å². The first-order chi connectivity index (χ1) is 9.50. The van der Waals surface area contributed by atoms with Gasteiger partial charge in [0.25, 0.3) is 11.8 Å². The SMILES string of the molecule is Nc1cccc2c1C(=O)N(c1cc(Br)ccc1Cl)C2=O. The third-order valence-corrected chi connectivity index (χ3v) is 3.91. The van der Waals surface area contributed by atoms with Gasteiger partial charge >= 0.3 is 0 Å². The van der Waals surface area contributed by atoms with Gasteiger partial charge in [-0.25, -0.2) is 4.90 Å². The van der Waals surface area contributed by atoms with Crippen molar-refractivity contribution in [3.63, 3.8) is 0 Å². The van der Waals surface area contributed by atoms with Crippen molar-refractivity contribution in [2.24, 2.45) is 0 Å². The van der Waals surface area contributed by atoms with E-state index in [2.05, 4.69) is 15.9 Å². The van der Waals surface area contributed by atoms with Gasteiger partial charge in [0.15, 0.2) is 0 Å². The van der Waals surface area contributed by atoms with Crippen molar-refractivity contribution < 1.29 is 9.59 Å². The van der Waals surface area contributed by atoms with Crippen molar-refractivity contribution in [3.05, 3.63) is 57.0 Å². The molecule has 0 bridgehead atoms. The molecular formula is C14H8BrClN2O2. The molecule has 100 valence electrons. The maximum atomic E-state index is 12.4. The topological polar surface area (TPSA) is 63.4 Å². The number of carbonyl (C=O) groups excluding carboxylic acids is 2. The number of anilines is 2. The molecule has 20 heavy (non-hydrogen) atoms. The Morgan fingerprint density at radius 3 is 2.55 bits per heavy atom. The minimum Gasteiger partial charge on any atom is -0.398 e. The molecule has 0 saturated heterocycles. The molecule has 6 heteroatoms. The highest BCUT2D eigenvalue weighted by atomic mass is 79.9. The average Bonchev–Trinajstić information content (AvgIpc) is 2.66. The van der Waals surface area contributed by atoms with E-state index in [0.717, 1.165) is 9.37 Å². The molecule has 2 aromatic carbocycles. The fraction of sp³-hybridized carbons (Fsp3) is 0. The predicted octanol–water partition coefficient (Wildman–Crippen LogP) is 3.49. The Morgan fingerprint density at radius 2 is 1.85 bits per heavy atom. The summed E-state index contributed by atoms with van der Waals surface area (Å²) in [6, 6.07) is 9.80. The van der Waals surface area contributed by atoms with Gasteiger partial charge in [-0.1, -0.05) is 33.6 Å². The number of amides is 2. The molecule has 4 nitrogen and oxygen atoms in total. The van der Waals surface area contributed by atoms with Crippen LogP contribution in [0.4, 0.5) is 11.4 Å². The summed E-state index contributed by atoms with van der Waals surface area (Å²) in [5.74, 6) is -0.875. The molecule has 2 aromatic rings. The smallest absolute Gasteiger partial charge is 0.268 e. The van der Waals surface area contributed by atoms with Crippen LogP contribution in [0.15, 0.2) is 40.9 Å². The first-order valence-electron chi connectivity index (χ1n) is 5.73. The summed E-state index contributed by atoms with van der Waals surface area (Å²) in [5.41, 5.74) is 6.94. The summed E-state index contributed by atoms with van der Waals surface area (Å²) in [5, 5.41) is 0.321. The molecule has 0 atom stereocenters. The third kappa shape index (κ3) is 1.82. The van der Waals surface area contributed by atoms with Gasteiger partial charge in [-0.15, -0.1) is 0 Å². The molecule has 2 amide bonds. The molecule has 0 fully saturated rings. The lowest BCUT2D eigenvalue weighted by Crippen LogP contribution is -2.29. The van der Waals surface area contributed by atoms with Crippen LogP contribution in [0.25, 0.3) is 0 Å². The highest BCUT2D eigenvalue weighted by Gasteiger charge is 2.38. The lowest BCUT2D eigenvalue weighted by Gasteiger charge is -2.15. The molecule has 0 saturated carbocycles. The zero-order valence-corrected chi connectivity index (χ0v) is 12.4. The van der Waals surface area contributed by atoms with Gasteiger partial charge in [0.1, 0.15) is 0 Å². The maximum Gasteiger partial charge on any atom is 0.268 e. The van der Waals surface area contributed by atoms with Crippen molar-refractivity contribution >= 4 is 50.7 Å². The third-order valence-electron chi connectivity index (χ3n) is 3.10. The van der Waals surface area contributed by atoms with E-state index in [4.69, 9.17) is 17.3 Å². The van der Waals surface area contributed by atoms with Crippen LogP contribution in [-0.4, -0.2) is 11.8 Å². The Balaban J connectivity index is 2.19. The molecular weight excluding hydrogens is 344 g/mol. The van der Waals surface area contributed by atoms with Gasteiger partial charge in [0, 0.05) is 10.2 Å². The van der Waals surface area contributed by atoms with Gasteiger partial charge in [0.05, 0.1) is 21.8 Å². The first-order valence-corrected chi connectivity index (χ1v) is 6.90. The van der Waals surface area contributed by atoms with Gasteiger partial charge < -0.3 is 5.73 Å². The fourth-order valence-corrected chi connectivity index (χ4v) is 2.74. The molecule has 0 spiro atoms. The molecule has 1 aliphatic heterocycles. The van der Waals surface area contributed by atoms with E-state index < -0.39 is 11.8 Å². The molecule has 1 heterocycles. The molecule has 2 N–H and O–H groups in total. The summed E-state index contributed by atoms with van der Waals surface area (Å²) in [7, 11) is 0. The number of imide groups is 1. The van der Waals surface area contributed by atoms with Crippen molar-refractivity contribution in [1.82, 2.24) is 0 Å². The van der Waals surface area contributed by atoms with Crippen molar-refractivity contribution in [2.45, 2.75) is 0 Å². The van der Waals surface area contributed by atoms with E-state index in [0.29, 0.717) is 16.3 Å². The summed E-state index contributed by atoms with van der Waals surface area (Å²) in [4.78, 5) is 25.9. The van der Waals surface area contributed by atoms with E-state index in [1.54, 1.807) is 36.4 Å². The number of halogens is 2. The minimum absolute atomic E-state index is 0.230. The van der Waals surface area contributed by atoms with Gasteiger partial charge in [-0.2, -0.15) is 0 Å². The number of nitrogens with zero attached hydrogens (tertiary/aromatic N) is 1. The van der Waals surface area contributed by atoms with Crippen molar-refractivity contribution in [3.8, 4) is 0 Å². The van der Waals surface area contributed by atoms with Crippen LogP contribution in [0.2, 0.25) is 5.02 Å². The van der Waals surface area contributed by atoms with Crippen LogP contribution in [0.3, 0.4) is 0 Å². The Labute approximate surface area is 128 Å². The number of benzene rings is 2. The molecule has 0 radical (unpaired) electrons. The molecule has 1 aliphatic rings. The van der Waals surface area contributed by atoms with E-state index in [1.165, 1.54) is 0 Å². The van der Waals surface area contributed by atoms with E-state index in [-0.39, 0.29) is 11.3 Å². The van der Waals surface area contributed by atoms with Crippen molar-refractivity contribution in [2.75, 3.05) is 10.6 Å². The normalized spacial score (nSPS) is 13.8. The number of hydrogen-bond acceptors (Lipinski definition) is 3. The number of rotatable bonds is 1. The standard InChI is InChI=1S/C14H8BrClN2O2/c15-7-4-5-9(16)11(6-7)18-13(19)8-2-1-3-10(17)12(8)14(18)20/h1-6H,17H2. The molecule has 3 rings (SSSR count). The zero-order chi connectivity index (χ0) is 14.4. The Hall–Kier alpha value is -1.85. The lowest BCUT2D eigenvalue weighted by atomic mass is 10.1. The summed E-state index contributed by atoms with van der Waals surface area (Å²) < 4.78 is 0.724. The maximum absolute atomic E-state index is 12.4. The minimum atomic E-state index is -0.455. The van der Waals surface area contributed by atoms with E-state index >= 15 is 0 Å². The Bertz CT molecular complexity index is 761. The number of fused-ring (bicyclic) bond motifs is 1. The number of carbonyl (C=O) groups is 2. The van der Waals surface area contributed by atoms with Gasteiger partial charge in [-0.05, 0) is 30.3 Å². The highest BCUT2D eigenvalue weighted by molar-refractivity contribution is 9.10. The lowest BCUT2D eigenvalue weighted by molar-refractivity contribution is 0.0926. The van der Waals surface area contributed by atoms with Crippen LogP contribution in [-0.2, 0) is 0 Å². The largest absolute Gasteiger partial charge is 0.398 e. The van der Waals surface area contributed by atoms with Gasteiger partial charge in [-0.3, -0.25) is 9.59 Å². The average molecular weight is 352 g/mol. The highest BCUT2D eigenvalue weighted by Crippen LogP contribution is 2.36. The summed E-state index contributed by atoms with van der Waals surface area (Å²) in [6.45, 7) is 0. The number of hydrogen-bond donors (Lipinski definition) is 1. The van der Waals surface area contributed by atoms with Crippen LogP contribution < -0.4 is 10.6 Å². The zero-order valence-electron chi connectivity index (χ0n) is 10.1. The molecule has 0 aromatic heterocycles. The Morgan fingerprint density at radius 1 is 1.10 bits per heavy atom. The molecule has 0 unspecified atom stereocenters. The second kappa shape index (κ2) is 4.61. The molecule has 0 aliphatic carbocycles. The second-order valence-electron chi connectivity index (χ2n) is 4.31. The summed E-state index contributed by atoms with van der Waals surface area (Å²) >= 11 is 9.39. The quantitative estimate of drug-likeness (QED) is 0.632. The second-order valence-corrected chi connectivity index (χ2v) is 5.63. The van der Waals surface area contributed by atoms with E-state index in [1.807, 2.05) is 0 Å². The number of nitrogen functional groups attached to an aromatic ring is 1. The van der Waals surface area contributed by atoms with Crippen LogP contribution in [0.1, 0.15) is 20.7 Å².